The molecule has 1 heterocycles. The zero-order chi connectivity index (χ0) is 14.9. The Hall–Kier alpha value is -1.95. The maximum absolute atomic E-state index is 12.0. The number of carboxylic acids is 1. The first-order valence-corrected chi connectivity index (χ1v) is 7.11. The quantitative estimate of drug-likeness (QED) is 0.908. The summed E-state index contributed by atoms with van der Waals surface area (Å²) in [7, 11) is 0. The van der Waals surface area contributed by atoms with Crippen LogP contribution in [0.2, 0.25) is 0 Å². The van der Waals surface area contributed by atoms with Gasteiger partial charge in [0.05, 0.1) is 21.1 Å². The molecule has 2 unspecified atom stereocenters. The highest BCUT2D eigenvalue weighted by Gasteiger charge is 2.25. The molecule has 5 nitrogen and oxygen atoms in total. The van der Waals surface area contributed by atoms with Crippen molar-refractivity contribution in [1.82, 2.24) is 4.98 Å². The third-order valence-electron chi connectivity index (χ3n) is 3.32. The Bertz CT molecular complexity index is 665. The van der Waals surface area contributed by atoms with Crippen molar-refractivity contribution in [3.63, 3.8) is 0 Å². The molecule has 20 heavy (non-hydrogen) atoms. The van der Waals surface area contributed by atoms with Gasteiger partial charge in [-0.3, -0.25) is 9.59 Å². The van der Waals surface area contributed by atoms with Crippen LogP contribution in [0.4, 0.5) is 5.69 Å². The summed E-state index contributed by atoms with van der Waals surface area (Å²) in [6.07, 6.45) is 0. The summed E-state index contributed by atoms with van der Waals surface area (Å²) in [5.74, 6) is -2.57. The second kappa shape index (κ2) is 5.58. The largest absolute Gasteiger partial charge is 0.481 e. The van der Waals surface area contributed by atoms with Crippen molar-refractivity contribution < 1.29 is 14.7 Å². The number of aromatic nitrogens is 1. The van der Waals surface area contributed by atoms with Crippen LogP contribution in [0, 0.1) is 18.8 Å². The molecule has 0 bridgehead atoms. The molecule has 0 fully saturated rings. The van der Waals surface area contributed by atoms with E-state index in [2.05, 4.69) is 10.3 Å². The topological polar surface area (TPSA) is 79.3 Å². The third kappa shape index (κ3) is 2.96. The highest BCUT2D eigenvalue weighted by atomic mass is 32.1. The molecule has 0 aliphatic carbocycles. The Morgan fingerprint density at radius 3 is 2.65 bits per heavy atom. The van der Waals surface area contributed by atoms with Crippen LogP contribution in [-0.4, -0.2) is 22.0 Å². The number of thiazole rings is 1. The molecule has 0 saturated carbocycles. The highest BCUT2D eigenvalue weighted by Crippen LogP contribution is 2.25. The van der Waals surface area contributed by atoms with E-state index >= 15 is 0 Å². The second-order valence-electron chi connectivity index (χ2n) is 4.82. The van der Waals surface area contributed by atoms with Gasteiger partial charge in [-0.1, -0.05) is 13.8 Å². The van der Waals surface area contributed by atoms with Gasteiger partial charge < -0.3 is 10.4 Å². The summed E-state index contributed by atoms with van der Waals surface area (Å²) < 4.78 is 0.999. The molecular formula is C14H16N2O3S. The summed E-state index contributed by atoms with van der Waals surface area (Å²) in [6, 6.07) is 5.48. The van der Waals surface area contributed by atoms with Crippen molar-refractivity contribution in [3.8, 4) is 0 Å². The van der Waals surface area contributed by atoms with E-state index in [1.807, 2.05) is 19.1 Å². The lowest BCUT2D eigenvalue weighted by atomic mass is 9.95. The molecule has 0 saturated heterocycles. The number of rotatable bonds is 4. The molecule has 1 aromatic carbocycles. The van der Waals surface area contributed by atoms with Crippen molar-refractivity contribution in [1.29, 1.82) is 0 Å². The number of fused-ring (bicyclic) bond motifs is 1. The number of aliphatic carboxylic acids is 1. The summed E-state index contributed by atoms with van der Waals surface area (Å²) in [4.78, 5) is 27.2. The first-order chi connectivity index (χ1) is 9.38. The fourth-order valence-electron chi connectivity index (χ4n) is 1.81. The molecule has 6 heteroatoms. The number of aryl methyl sites for hydroxylation is 1. The molecule has 0 radical (unpaired) electrons. The summed E-state index contributed by atoms with van der Waals surface area (Å²) in [6.45, 7) is 5.07. The zero-order valence-electron chi connectivity index (χ0n) is 11.5. The van der Waals surface area contributed by atoms with E-state index in [1.165, 1.54) is 6.92 Å². The van der Waals surface area contributed by atoms with Gasteiger partial charge in [-0.25, -0.2) is 4.98 Å². The normalized spacial score (nSPS) is 13.9. The maximum atomic E-state index is 12.0. The van der Waals surface area contributed by atoms with Crippen LogP contribution in [0.1, 0.15) is 18.9 Å². The average molecular weight is 292 g/mol. The number of hydrogen-bond donors (Lipinski definition) is 2. The van der Waals surface area contributed by atoms with Gasteiger partial charge >= 0.3 is 5.97 Å². The van der Waals surface area contributed by atoms with E-state index in [9.17, 15) is 9.59 Å². The molecule has 106 valence electrons. The van der Waals surface area contributed by atoms with Crippen molar-refractivity contribution in [2.75, 3.05) is 5.32 Å². The molecule has 0 aliphatic heterocycles. The SMILES string of the molecule is Cc1nc2ccc(NC(=O)C(C)C(C)C(=O)O)cc2s1. The predicted octanol–water partition coefficient (Wildman–Crippen LogP) is 2.90. The summed E-state index contributed by atoms with van der Waals surface area (Å²) in [5, 5.41) is 12.6. The smallest absolute Gasteiger partial charge is 0.307 e. The van der Waals surface area contributed by atoms with E-state index in [1.54, 1.807) is 24.3 Å². The minimum Gasteiger partial charge on any atom is -0.481 e. The average Bonchev–Trinajstić information content (AvgIpc) is 2.76. The molecule has 0 spiro atoms. The Morgan fingerprint density at radius 2 is 2.00 bits per heavy atom. The molecule has 2 atom stereocenters. The minimum absolute atomic E-state index is 0.291. The van der Waals surface area contributed by atoms with Crippen LogP contribution in [0.25, 0.3) is 10.2 Å². The fraction of sp³-hybridized carbons (Fsp3) is 0.357. The van der Waals surface area contributed by atoms with Crippen LogP contribution in [0.5, 0.6) is 0 Å². The molecule has 2 rings (SSSR count). The number of nitrogens with zero attached hydrogens (tertiary/aromatic N) is 1. The number of nitrogens with one attached hydrogen (secondary N) is 1. The van der Waals surface area contributed by atoms with Crippen molar-refractivity contribution in [3.05, 3.63) is 23.2 Å². The first kappa shape index (κ1) is 14.5. The van der Waals surface area contributed by atoms with Crippen molar-refractivity contribution >= 4 is 39.1 Å². The van der Waals surface area contributed by atoms with Crippen LogP contribution < -0.4 is 5.32 Å². The minimum atomic E-state index is -0.971. The number of benzene rings is 1. The van der Waals surface area contributed by atoms with E-state index in [4.69, 9.17) is 5.11 Å². The highest BCUT2D eigenvalue weighted by molar-refractivity contribution is 7.18. The van der Waals surface area contributed by atoms with Crippen molar-refractivity contribution in [2.45, 2.75) is 20.8 Å². The number of carboxylic acid groups (broad SMARTS) is 1. The molecule has 1 amide bonds. The monoisotopic (exact) mass is 292 g/mol. The third-order valence-corrected chi connectivity index (χ3v) is 4.25. The van der Waals surface area contributed by atoms with Gasteiger partial charge in [0.15, 0.2) is 0 Å². The Morgan fingerprint density at radius 1 is 1.30 bits per heavy atom. The van der Waals surface area contributed by atoms with Crippen LogP contribution in [-0.2, 0) is 9.59 Å². The standard InChI is InChI=1S/C14H16N2O3S/c1-7(8(2)14(18)19)13(17)16-10-4-5-11-12(6-10)20-9(3)15-11/h4-8H,1-3H3,(H,16,17)(H,18,19). The van der Waals surface area contributed by atoms with Gasteiger partial charge in [0.2, 0.25) is 5.91 Å². The van der Waals surface area contributed by atoms with Gasteiger partial charge in [0.25, 0.3) is 0 Å². The lowest BCUT2D eigenvalue weighted by Crippen LogP contribution is -2.29. The number of hydrogen-bond acceptors (Lipinski definition) is 4. The molecule has 2 aromatic rings. The summed E-state index contributed by atoms with van der Waals surface area (Å²) >= 11 is 1.56. The van der Waals surface area contributed by atoms with Gasteiger partial charge in [-0.15, -0.1) is 11.3 Å². The predicted molar refractivity (Wildman–Crippen MR) is 79.0 cm³/mol. The van der Waals surface area contributed by atoms with Gasteiger partial charge in [0.1, 0.15) is 0 Å². The van der Waals surface area contributed by atoms with E-state index in [0.717, 1.165) is 15.2 Å². The van der Waals surface area contributed by atoms with Gasteiger partial charge in [0, 0.05) is 11.6 Å². The zero-order valence-corrected chi connectivity index (χ0v) is 12.3. The number of carbonyl (C=O) groups excluding carboxylic acids is 1. The first-order valence-electron chi connectivity index (χ1n) is 6.29. The number of amides is 1. The van der Waals surface area contributed by atoms with E-state index in [0.29, 0.717) is 5.69 Å². The molecule has 0 aliphatic rings. The van der Waals surface area contributed by atoms with Crippen molar-refractivity contribution in [2.24, 2.45) is 11.8 Å². The molecule has 2 N–H and O–H groups in total. The van der Waals surface area contributed by atoms with Gasteiger partial charge in [-0.2, -0.15) is 0 Å². The lowest BCUT2D eigenvalue weighted by Gasteiger charge is -2.15. The van der Waals surface area contributed by atoms with Gasteiger partial charge in [-0.05, 0) is 25.1 Å². The number of carbonyl (C=O) groups is 2. The Kier molecular flexibility index (Phi) is 4.04. The van der Waals surface area contributed by atoms with Crippen LogP contribution in [0.3, 0.4) is 0 Å². The Labute approximate surface area is 120 Å². The van der Waals surface area contributed by atoms with E-state index < -0.39 is 17.8 Å². The summed E-state index contributed by atoms with van der Waals surface area (Å²) in [5.41, 5.74) is 1.56. The van der Waals surface area contributed by atoms with E-state index in [-0.39, 0.29) is 5.91 Å². The number of anilines is 1. The Balaban J connectivity index is 2.15. The second-order valence-corrected chi connectivity index (χ2v) is 6.05. The molecule has 1 aromatic heterocycles. The molecular weight excluding hydrogens is 276 g/mol. The lowest BCUT2D eigenvalue weighted by molar-refractivity contribution is -0.145. The maximum Gasteiger partial charge on any atom is 0.307 e. The fourth-order valence-corrected chi connectivity index (χ4v) is 2.68. The van der Waals surface area contributed by atoms with Crippen LogP contribution >= 0.6 is 11.3 Å². The van der Waals surface area contributed by atoms with Crippen LogP contribution in [0.15, 0.2) is 18.2 Å².